The first kappa shape index (κ1) is 12.7. The fraction of sp³-hybridized carbons (Fsp3) is 0.400. The van der Waals surface area contributed by atoms with E-state index in [1.807, 2.05) is 20.8 Å². The number of Topliss-reactive ketones (excluding diaryl/α,β-unsaturated/α-hetero) is 1. The predicted molar refractivity (Wildman–Crippen MR) is 69.5 cm³/mol. The average Bonchev–Trinajstić information content (AvgIpc) is 2.29. The zero-order chi connectivity index (χ0) is 12.3. The highest BCUT2D eigenvalue weighted by molar-refractivity contribution is 6.01. The van der Waals surface area contributed by atoms with Gasteiger partial charge in [-0.05, 0) is 50.0 Å². The van der Waals surface area contributed by atoms with Gasteiger partial charge in [0.1, 0.15) is 0 Å². The van der Waals surface area contributed by atoms with Crippen molar-refractivity contribution in [3.8, 4) is 0 Å². The molecular weight excluding hydrogens is 196 g/mol. The molecule has 0 bridgehead atoms. The summed E-state index contributed by atoms with van der Waals surface area (Å²) in [5.74, 6) is 0.235. The number of carbonyl (C=O) groups is 1. The van der Waals surface area contributed by atoms with E-state index in [1.165, 1.54) is 16.7 Å². The van der Waals surface area contributed by atoms with Crippen LogP contribution in [0, 0.1) is 13.8 Å². The van der Waals surface area contributed by atoms with Gasteiger partial charge in [0, 0.05) is 6.42 Å². The van der Waals surface area contributed by atoms with E-state index in [-0.39, 0.29) is 5.78 Å². The summed E-state index contributed by atoms with van der Waals surface area (Å²) in [5.41, 5.74) is 5.65. The van der Waals surface area contributed by atoms with Crippen molar-refractivity contribution >= 4 is 11.4 Å². The van der Waals surface area contributed by atoms with E-state index in [0.29, 0.717) is 6.42 Å². The topological polar surface area (TPSA) is 17.1 Å². The molecule has 1 rings (SSSR count). The van der Waals surface area contributed by atoms with E-state index in [4.69, 9.17) is 0 Å². The van der Waals surface area contributed by atoms with Crippen molar-refractivity contribution in [3.63, 3.8) is 0 Å². The number of carbonyl (C=O) groups excluding carboxylic acids is 1. The molecule has 0 atom stereocenters. The minimum atomic E-state index is 0.235. The third kappa shape index (κ3) is 2.60. The van der Waals surface area contributed by atoms with Crippen molar-refractivity contribution in [2.75, 3.05) is 0 Å². The normalized spacial score (nSPS) is 12.3. The lowest BCUT2D eigenvalue weighted by atomic mass is 9.94. The summed E-state index contributed by atoms with van der Waals surface area (Å²) >= 11 is 0. The Labute approximate surface area is 98.2 Å². The van der Waals surface area contributed by atoms with Crippen LogP contribution in [0.3, 0.4) is 0 Å². The minimum absolute atomic E-state index is 0.235. The highest BCUT2D eigenvalue weighted by Crippen LogP contribution is 2.23. The standard InChI is InChI=1S/C15H20O/c1-6-15(16)13(5)12(4)14-9-10(2)7-8-11(14)3/h7-9H,6H2,1-5H3/b13-12-. The Balaban J connectivity index is 3.27. The molecule has 0 heterocycles. The first-order valence-electron chi connectivity index (χ1n) is 5.75. The molecule has 1 aromatic rings. The number of rotatable bonds is 3. The summed E-state index contributed by atoms with van der Waals surface area (Å²) in [6.45, 7) is 10.0. The Hall–Kier alpha value is -1.37. The Bertz CT molecular complexity index is 439. The molecule has 1 nitrogen and oxygen atoms in total. The fourth-order valence-electron chi connectivity index (χ4n) is 1.82. The van der Waals surface area contributed by atoms with Gasteiger partial charge in [-0.2, -0.15) is 0 Å². The lowest BCUT2D eigenvalue weighted by Gasteiger charge is -2.10. The van der Waals surface area contributed by atoms with Crippen molar-refractivity contribution in [1.29, 1.82) is 0 Å². The zero-order valence-electron chi connectivity index (χ0n) is 10.8. The lowest BCUT2D eigenvalue weighted by Crippen LogP contribution is -2.00. The van der Waals surface area contributed by atoms with Gasteiger partial charge >= 0.3 is 0 Å². The molecule has 0 saturated carbocycles. The first-order chi connectivity index (χ1) is 7.47. The lowest BCUT2D eigenvalue weighted by molar-refractivity contribution is -0.115. The second-order valence-corrected chi connectivity index (χ2v) is 4.35. The van der Waals surface area contributed by atoms with Crippen LogP contribution in [0.2, 0.25) is 0 Å². The molecule has 0 aliphatic rings. The number of ketones is 1. The van der Waals surface area contributed by atoms with E-state index >= 15 is 0 Å². The average molecular weight is 216 g/mol. The van der Waals surface area contributed by atoms with Crippen LogP contribution < -0.4 is 0 Å². The van der Waals surface area contributed by atoms with Gasteiger partial charge in [0.15, 0.2) is 5.78 Å². The highest BCUT2D eigenvalue weighted by Gasteiger charge is 2.09. The molecule has 1 aromatic carbocycles. The van der Waals surface area contributed by atoms with Gasteiger partial charge < -0.3 is 0 Å². The van der Waals surface area contributed by atoms with Crippen molar-refractivity contribution in [1.82, 2.24) is 0 Å². The Morgan fingerprint density at radius 3 is 2.38 bits per heavy atom. The van der Waals surface area contributed by atoms with Crippen LogP contribution in [0.15, 0.2) is 23.8 Å². The van der Waals surface area contributed by atoms with Crippen molar-refractivity contribution in [2.24, 2.45) is 0 Å². The molecule has 0 N–H and O–H groups in total. The zero-order valence-corrected chi connectivity index (χ0v) is 10.8. The van der Waals surface area contributed by atoms with Gasteiger partial charge in [-0.1, -0.05) is 30.7 Å². The molecule has 1 heteroatoms. The maximum absolute atomic E-state index is 11.7. The van der Waals surface area contributed by atoms with Gasteiger partial charge in [0.2, 0.25) is 0 Å². The first-order valence-corrected chi connectivity index (χ1v) is 5.75. The second-order valence-electron chi connectivity index (χ2n) is 4.35. The van der Waals surface area contributed by atoms with Crippen LogP contribution in [0.1, 0.15) is 43.9 Å². The predicted octanol–water partition coefficient (Wildman–Crippen LogP) is 4.08. The number of hydrogen-bond acceptors (Lipinski definition) is 1. The quantitative estimate of drug-likeness (QED) is 0.696. The summed E-state index contributed by atoms with van der Waals surface area (Å²) in [5, 5.41) is 0. The van der Waals surface area contributed by atoms with Crippen molar-refractivity contribution in [3.05, 3.63) is 40.5 Å². The van der Waals surface area contributed by atoms with Crippen LogP contribution in [-0.4, -0.2) is 5.78 Å². The number of allylic oxidation sites excluding steroid dienone is 2. The van der Waals surface area contributed by atoms with Gasteiger partial charge in [-0.3, -0.25) is 4.79 Å². The minimum Gasteiger partial charge on any atom is -0.295 e. The molecule has 0 amide bonds. The summed E-state index contributed by atoms with van der Waals surface area (Å²) in [7, 11) is 0. The molecule has 0 unspecified atom stereocenters. The molecule has 86 valence electrons. The molecule has 0 spiro atoms. The molecular formula is C15H20O. The summed E-state index contributed by atoms with van der Waals surface area (Å²) in [4.78, 5) is 11.7. The third-order valence-electron chi connectivity index (χ3n) is 3.10. The number of hydrogen-bond donors (Lipinski definition) is 0. The molecule has 0 aromatic heterocycles. The SMILES string of the molecule is CCC(=O)/C(C)=C(/C)c1cc(C)ccc1C. The molecule has 0 aliphatic heterocycles. The Morgan fingerprint density at radius 2 is 1.81 bits per heavy atom. The van der Waals surface area contributed by atoms with E-state index < -0.39 is 0 Å². The molecule has 0 aliphatic carbocycles. The van der Waals surface area contributed by atoms with Gasteiger partial charge in [0.05, 0.1) is 0 Å². The Kier molecular flexibility index (Phi) is 4.05. The van der Waals surface area contributed by atoms with Crippen molar-refractivity contribution < 1.29 is 4.79 Å². The molecule has 16 heavy (non-hydrogen) atoms. The summed E-state index contributed by atoms with van der Waals surface area (Å²) in [6.07, 6.45) is 0.577. The van der Waals surface area contributed by atoms with Gasteiger partial charge in [-0.15, -0.1) is 0 Å². The highest BCUT2D eigenvalue weighted by atomic mass is 16.1. The van der Waals surface area contributed by atoms with Gasteiger partial charge in [-0.25, -0.2) is 0 Å². The van der Waals surface area contributed by atoms with Crippen LogP contribution in [-0.2, 0) is 4.79 Å². The van der Waals surface area contributed by atoms with Gasteiger partial charge in [0.25, 0.3) is 0 Å². The monoisotopic (exact) mass is 216 g/mol. The second kappa shape index (κ2) is 5.11. The van der Waals surface area contributed by atoms with Crippen LogP contribution in [0.4, 0.5) is 0 Å². The summed E-state index contributed by atoms with van der Waals surface area (Å²) < 4.78 is 0. The number of benzene rings is 1. The van der Waals surface area contributed by atoms with E-state index in [2.05, 4.69) is 32.0 Å². The third-order valence-corrected chi connectivity index (χ3v) is 3.10. The fourth-order valence-corrected chi connectivity index (χ4v) is 1.82. The molecule has 0 saturated heterocycles. The van der Waals surface area contributed by atoms with Crippen LogP contribution in [0.25, 0.3) is 5.57 Å². The molecule has 0 radical (unpaired) electrons. The number of aryl methyl sites for hydroxylation is 2. The maximum atomic E-state index is 11.7. The molecule has 0 fully saturated rings. The van der Waals surface area contributed by atoms with E-state index in [1.54, 1.807) is 0 Å². The van der Waals surface area contributed by atoms with Crippen molar-refractivity contribution in [2.45, 2.75) is 41.0 Å². The van der Waals surface area contributed by atoms with Crippen LogP contribution >= 0.6 is 0 Å². The Morgan fingerprint density at radius 1 is 1.19 bits per heavy atom. The van der Waals surface area contributed by atoms with E-state index in [9.17, 15) is 4.79 Å². The summed E-state index contributed by atoms with van der Waals surface area (Å²) in [6, 6.07) is 6.36. The van der Waals surface area contributed by atoms with E-state index in [0.717, 1.165) is 11.1 Å². The maximum Gasteiger partial charge on any atom is 0.158 e. The largest absolute Gasteiger partial charge is 0.295 e. The van der Waals surface area contributed by atoms with Crippen LogP contribution in [0.5, 0.6) is 0 Å². The smallest absolute Gasteiger partial charge is 0.158 e.